The lowest BCUT2D eigenvalue weighted by molar-refractivity contribution is -0.136. The molecule has 1 rings (SSSR count). The molecule has 0 aromatic heterocycles. The molecule has 5 heteroatoms. The molecule has 0 unspecified atom stereocenters. The molecule has 0 saturated carbocycles. The van der Waals surface area contributed by atoms with Gasteiger partial charge in [0.2, 0.25) is 0 Å². The second-order valence-electron chi connectivity index (χ2n) is 2.73. The lowest BCUT2D eigenvalue weighted by Gasteiger charge is -1.91. The van der Waals surface area contributed by atoms with Gasteiger partial charge < -0.3 is 5.11 Å². The average Bonchev–Trinajstić information content (AvgIpc) is 2.29. The SMILES string of the molecule is O=C(O)CCS.O=Cc1ccccc1C=O. The summed E-state index contributed by atoms with van der Waals surface area (Å²) in [6, 6.07) is 6.65. The summed E-state index contributed by atoms with van der Waals surface area (Å²) in [4.78, 5) is 30.0. The fourth-order valence-electron chi connectivity index (χ4n) is 0.821. The van der Waals surface area contributed by atoms with Crippen molar-refractivity contribution < 1.29 is 19.5 Å². The van der Waals surface area contributed by atoms with Crippen LogP contribution in [0.2, 0.25) is 0 Å². The van der Waals surface area contributed by atoms with E-state index in [0.29, 0.717) is 29.5 Å². The molecule has 0 amide bonds. The maximum Gasteiger partial charge on any atom is 0.304 e. The van der Waals surface area contributed by atoms with Gasteiger partial charge in [0.1, 0.15) is 0 Å². The first-order valence-electron chi connectivity index (χ1n) is 4.47. The number of thiol groups is 1. The topological polar surface area (TPSA) is 71.4 Å². The van der Waals surface area contributed by atoms with Crippen LogP contribution < -0.4 is 0 Å². The Kier molecular flexibility index (Phi) is 7.79. The molecule has 16 heavy (non-hydrogen) atoms. The van der Waals surface area contributed by atoms with Gasteiger partial charge >= 0.3 is 5.97 Å². The van der Waals surface area contributed by atoms with E-state index in [9.17, 15) is 14.4 Å². The summed E-state index contributed by atoms with van der Waals surface area (Å²) in [6.07, 6.45) is 1.50. The van der Waals surface area contributed by atoms with Crippen molar-refractivity contribution in [3.8, 4) is 0 Å². The zero-order chi connectivity index (χ0) is 12.4. The van der Waals surface area contributed by atoms with E-state index in [2.05, 4.69) is 12.6 Å². The van der Waals surface area contributed by atoms with Gasteiger partial charge in [-0.2, -0.15) is 12.6 Å². The predicted molar refractivity (Wildman–Crippen MR) is 63.3 cm³/mol. The molecule has 1 N–H and O–H groups in total. The summed E-state index contributed by atoms with van der Waals surface area (Å²) in [5, 5.41) is 7.86. The van der Waals surface area contributed by atoms with E-state index in [1.54, 1.807) is 24.3 Å². The van der Waals surface area contributed by atoms with Gasteiger partial charge in [0.15, 0.2) is 12.6 Å². The third-order valence-electron chi connectivity index (χ3n) is 1.58. The number of carbonyl (C=O) groups excluding carboxylic acids is 2. The minimum Gasteiger partial charge on any atom is -0.481 e. The molecule has 0 heterocycles. The number of rotatable bonds is 4. The van der Waals surface area contributed by atoms with E-state index in [0.717, 1.165) is 0 Å². The number of benzene rings is 1. The quantitative estimate of drug-likeness (QED) is 0.620. The van der Waals surface area contributed by atoms with Crippen molar-refractivity contribution >= 4 is 31.2 Å². The van der Waals surface area contributed by atoms with Crippen molar-refractivity contribution in [3.63, 3.8) is 0 Å². The van der Waals surface area contributed by atoms with Crippen LogP contribution in [0.5, 0.6) is 0 Å². The van der Waals surface area contributed by atoms with Crippen LogP contribution in [0.3, 0.4) is 0 Å². The maximum absolute atomic E-state index is 10.2. The number of carboxylic acid groups (broad SMARTS) is 1. The molecule has 86 valence electrons. The monoisotopic (exact) mass is 240 g/mol. The van der Waals surface area contributed by atoms with E-state index in [4.69, 9.17) is 5.11 Å². The van der Waals surface area contributed by atoms with Crippen molar-refractivity contribution in [1.29, 1.82) is 0 Å². The highest BCUT2D eigenvalue weighted by molar-refractivity contribution is 7.80. The van der Waals surface area contributed by atoms with Gasteiger partial charge in [-0.15, -0.1) is 0 Å². The maximum atomic E-state index is 10.2. The van der Waals surface area contributed by atoms with Gasteiger partial charge in [0.05, 0.1) is 6.42 Å². The number of carbonyl (C=O) groups is 3. The zero-order valence-electron chi connectivity index (χ0n) is 8.50. The van der Waals surface area contributed by atoms with Crippen LogP contribution in [0.15, 0.2) is 24.3 Å². The van der Waals surface area contributed by atoms with Crippen LogP contribution in [0, 0.1) is 0 Å². The molecule has 1 aromatic rings. The Morgan fingerprint density at radius 3 is 1.81 bits per heavy atom. The number of hydrogen-bond donors (Lipinski definition) is 2. The summed E-state index contributed by atoms with van der Waals surface area (Å²) >= 11 is 3.68. The van der Waals surface area contributed by atoms with Crippen LogP contribution in [0.25, 0.3) is 0 Å². The molecule has 0 fully saturated rings. The molecule has 0 bridgehead atoms. The highest BCUT2D eigenvalue weighted by atomic mass is 32.1. The van der Waals surface area contributed by atoms with Gasteiger partial charge in [0.25, 0.3) is 0 Å². The molecule has 0 aliphatic rings. The lowest BCUT2D eigenvalue weighted by atomic mass is 10.1. The second-order valence-corrected chi connectivity index (χ2v) is 3.18. The molecule has 0 atom stereocenters. The predicted octanol–water partition coefficient (Wildman–Crippen LogP) is 1.70. The van der Waals surface area contributed by atoms with Gasteiger partial charge in [-0.25, -0.2) is 0 Å². The number of aliphatic carboxylic acids is 1. The van der Waals surface area contributed by atoms with E-state index >= 15 is 0 Å². The molecule has 4 nitrogen and oxygen atoms in total. The Bertz CT molecular complexity index is 336. The van der Waals surface area contributed by atoms with Crippen molar-refractivity contribution in [1.82, 2.24) is 0 Å². The lowest BCUT2D eigenvalue weighted by Crippen LogP contribution is -1.93. The van der Waals surface area contributed by atoms with E-state index < -0.39 is 5.97 Å². The molecule has 0 saturated heterocycles. The number of hydrogen-bond acceptors (Lipinski definition) is 4. The average molecular weight is 240 g/mol. The van der Waals surface area contributed by atoms with Crippen LogP contribution in [-0.2, 0) is 4.79 Å². The highest BCUT2D eigenvalue weighted by Gasteiger charge is 1.95. The summed E-state index contributed by atoms with van der Waals surface area (Å²) in [6.45, 7) is 0. The van der Waals surface area contributed by atoms with Gasteiger partial charge in [-0.1, -0.05) is 24.3 Å². The summed E-state index contributed by atoms with van der Waals surface area (Å²) in [7, 11) is 0. The molecule has 0 aliphatic carbocycles. The first-order valence-corrected chi connectivity index (χ1v) is 5.11. The molecule has 0 radical (unpaired) electrons. The minimum absolute atomic E-state index is 0.156. The Hall–Kier alpha value is -1.62. The molecule has 1 aromatic carbocycles. The number of carboxylic acids is 1. The van der Waals surface area contributed by atoms with E-state index in [1.165, 1.54) is 0 Å². The molecule has 0 spiro atoms. The third-order valence-corrected chi connectivity index (χ3v) is 1.80. The van der Waals surface area contributed by atoms with Crippen molar-refractivity contribution in [2.75, 3.05) is 5.75 Å². The molecular formula is C11H12O4S. The normalized spacial score (nSPS) is 8.56. The van der Waals surface area contributed by atoms with Crippen LogP contribution in [-0.4, -0.2) is 29.4 Å². The molecule has 0 aliphatic heterocycles. The summed E-state index contributed by atoms with van der Waals surface area (Å²) in [5.41, 5.74) is 0.884. The van der Waals surface area contributed by atoms with E-state index in [-0.39, 0.29) is 6.42 Å². The summed E-state index contributed by atoms with van der Waals surface area (Å²) < 4.78 is 0. The summed E-state index contributed by atoms with van der Waals surface area (Å²) in [5.74, 6) is -0.361. The Morgan fingerprint density at radius 1 is 1.19 bits per heavy atom. The van der Waals surface area contributed by atoms with Crippen molar-refractivity contribution in [2.24, 2.45) is 0 Å². The van der Waals surface area contributed by atoms with Crippen LogP contribution in [0.4, 0.5) is 0 Å². The largest absolute Gasteiger partial charge is 0.481 e. The zero-order valence-corrected chi connectivity index (χ0v) is 9.39. The van der Waals surface area contributed by atoms with Gasteiger partial charge in [-0.05, 0) is 0 Å². The standard InChI is InChI=1S/C8H6O2.C3H6O2S/c9-5-7-3-1-2-4-8(7)6-10;4-3(5)1-2-6/h1-6H;6H,1-2H2,(H,4,5). The highest BCUT2D eigenvalue weighted by Crippen LogP contribution is 2.01. The Labute approximate surface area is 98.7 Å². The second kappa shape index (κ2) is 8.67. The van der Waals surface area contributed by atoms with Gasteiger partial charge in [-0.3, -0.25) is 14.4 Å². The van der Waals surface area contributed by atoms with Gasteiger partial charge in [0, 0.05) is 16.9 Å². The number of aldehydes is 2. The smallest absolute Gasteiger partial charge is 0.304 e. The van der Waals surface area contributed by atoms with Crippen LogP contribution in [0.1, 0.15) is 27.1 Å². The van der Waals surface area contributed by atoms with Crippen molar-refractivity contribution in [2.45, 2.75) is 6.42 Å². The fourth-order valence-corrected chi connectivity index (χ4v) is 1.01. The first-order chi connectivity index (χ1) is 7.65. The van der Waals surface area contributed by atoms with Crippen molar-refractivity contribution in [3.05, 3.63) is 35.4 Å². The van der Waals surface area contributed by atoms with Crippen LogP contribution >= 0.6 is 12.6 Å². The fraction of sp³-hybridized carbons (Fsp3) is 0.182. The Balaban J connectivity index is 0.000000325. The van der Waals surface area contributed by atoms with E-state index in [1.807, 2.05) is 0 Å². The Morgan fingerprint density at radius 2 is 1.62 bits per heavy atom. The first kappa shape index (κ1) is 14.4. The third kappa shape index (κ3) is 5.98. The minimum atomic E-state index is -0.787. The molecular weight excluding hydrogens is 228 g/mol.